The van der Waals surface area contributed by atoms with Gasteiger partial charge in [0, 0.05) is 18.2 Å². The molecule has 0 saturated carbocycles. The van der Waals surface area contributed by atoms with Crippen molar-refractivity contribution >= 4 is 5.91 Å². The molecule has 2 rings (SSSR count). The zero-order valence-electron chi connectivity index (χ0n) is 12.9. The zero-order valence-corrected chi connectivity index (χ0v) is 12.9. The number of amides is 1. The summed E-state index contributed by atoms with van der Waals surface area (Å²) < 4.78 is 0. The number of carbonyl (C=O) groups is 1. The van der Waals surface area contributed by atoms with Gasteiger partial charge in [-0.15, -0.1) is 0 Å². The molecule has 1 aromatic rings. The lowest BCUT2D eigenvalue weighted by atomic mass is 9.96. The molecular weight excluding hydrogens is 248 g/mol. The summed E-state index contributed by atoms with van der Waals surface area (Å²) in [6, 6.07) is 8.13. The number of hydrogen-bond acceptors (Lipinski definition) is 2. The topological polar surface area (TPSA) is 32.3 Å². The highest BCUT2D eigenvalue weighted by atomic mass is 16.2. The van der Waals surface area contributed by atoms with E-state index in [1.807, 2.05) is 36.1 Å². The molecule has 3 nitrogen and oxygen atoms in total. The fourth-order valence-corrected chi connectivity index (χ4v) is 2.84. The molecular formula is C17H26N2O. The van der Waals surface area contributed by atoms with Crippen molar-refractivity contribution in [2.45, 2.75) is 39.7 Å². The van der Waals surface area contributed by atoms with Gasteiger partial charge >= 0.3 is 0 Å². The van der Waals surface area contributed by atoms with Gasteiger partial charge in [-0.3, -0.25) is 4.79 Å². The zero-order chi connectivity index (χ0) is 14.5. The van der Waals surface area contributed by atoms with Crippen LogP contribution in [0, 0.1) is 12.8 Å². The van der Waals surface area contributed by atoms with Crippen LogP contribution in [0.3, 0.4) is 0 Å². The van der Waals surface area contributed by atoms with Gasteiger partial charge < -0.3 is 10.2 Å². The van der Waals surface area contributed by atoms with Gasteiger partial charge in [0.1, 0.15) is 0 Å². The van der Waals surface area contributed by atoms with Gasteiger partial charge in [-0.25, -0.2) is 0 Å². The van der Waals surface area contributed by atoms with Crippen LogP contribution in [0.25, 0.3) is 0 Å². The summed E-state index contributed by atoms with van der Waals surface area (Å²) in [6.45, 7) is 9.27. The number of aryl methyl sites for hydroxylation is 1. The summed E-state index contributed by atoms with van der Waals surface area (Å²) in [5.41, 5.74) is 1.91. The Hall–Kier alpha value is -1.35. The second-order valence-corrected chi connectivity index (χ2v) is 6.06. The van der Waals surface area contributed by atoms with Crippen LogP contribution in [0.5, 0.6) is 0 Å². The third-order valence-electron chi connectivity index (χ3n) is 4.17. The van der Waals surface area contributed by atoms with Gasteiger partial charge in [-0.2, -0.15) is 0 Å². The monoisotopic (exact) mass is 274 g/mol. The number of carbonyl (C=O) groups excluding carboxylic acids is 1. The number of nitrogens with zero attached hydrogens (tertiary/aromatic N) is 1. The van der Waals surface area contributed by atoms with Gasteiger partial charge in [0.25, 0.3) is 5.91 Å². The molecule has 1 N–H and O–H groups in total. The molecule has 1 amide bonds. The predicted molar refractivity (Wildman–Crippen MR) is 82.9 cm³/mol. The first-order chi connectivity index (χ1) is 9.59. The van der Waals surface area contributed by atoms with Crippen molar-refractivity contribution in [2.24, 2.45) is 5.92 Å². The minimum atomic E-state index is 0.177. The van der Waals surface area contributed by atoms with Crippen molar-refractivity contribution in [1.82, 2.24) is 10.2 Å². The molecule has 0 unspecified atom stereocenters. The van der Waals surface area contributed by atoms with Crippen molar-refractivity contribution in [3.63, 3.8) is 0 Å². The van der Waals surface area contributed by atoms with E-state index in [2.05, 4.69) is 19.2 Å². The van der Waals surface area contributed by atoms with E-state index in [4.69, 9.17) is 0 Å². The van der Waals surface area contributed by atoms with E-state index in [0.717, 1.165) is 30.8 Å². The molecule has 0 aromatic heterocycles. The average Bonchev–Trinajstić information content (AvgIpc) is 2.45. The average molecular weight is 274 g/mol. The van der Waals surface area contributed by atoms with E-state index in [0.29, 0.717) is 5.92 Å². The van der Waals surface area contributed by atoms with Crippen LogP contribution in [0.2, 0.25) is 0 Å². The van der Waals surface area contributed by atoms with Gasteiger partial charge in [-0.1, -0.05) is 18.2 Å². The van der Waals surface area contributed by atoms with Crippen LogP contribution in [0.1, 0.15) is 42.6 Å². The second kappa shape index (κ2) is 6.89. The highest BCUT2D eigenvalue weighted by molar-refractivity contribution is 5.95. The molecule has 1 fully saturated rings. The SMILES string of the molecule is Cc1ccccc1C(=O)N(CC1CCNCC1)C(C)C. The van der Waals surface area contributed by atoms with E-state index < -0.39 is 0 Å². The Morgan fingerprint density at radius 1 is 1.30 bits per heavy atom. The number of piperidine rings is 1. The molecule has 1 aliphatic rings. The number of benzene rings is 1. The van der Waals surface area contributed by atoms with E-state index in [-0.39, 0.29) is 11.9 Å². The number of nitrogens with one attached hydrogen (secondary N) is 1. The highest BCUT2D eigenvalue weighted by Gasteiger charge is 2.24. The summed E-state index contributed by atoms with van der Waals surface area (Å²) in [4.78, 5) is 14.8. The third-order valence-corrected chi connectivity index (χ3v) is 4.17. The molecule has 1 aliphatic heterocycles. The Balaban J connectivity index is 2.11. The molecule has 1 heterocycles. The summed E-state index contributed by atoms with van der Waals surface area (Å²) in [5, 5.41) is 3.38. The molecule has 0 atom stereocenters. The van der Waals surface area contributed by atoms with Crippen LogP contribution in [0.4, 0.5) is 0 Å². The molecule has 20 heavy (non-hydrogen) atoms. The molecule has 1 saturated heterocycles. The van der Waals surface area contributed by atoms with Crippen molar-refractivity contribution in [2.75, 3.05) is 19.6 Å². The molecule has 0 bridgehead atoms. The van der Waals surface area contributed by atoms with Crippen molar-refractivity contribution < 1.29 is 4.79 Å². The van der Waals surface area contributed by atoms with Crippen LogP contribution in [-0.2, 0) is 0 Å². The highest BCUT2D eigenvalue weighted by Crippen LogP contribution is 2.18. The lowest BCUT2D eigenvalue weighted by molar-refractivity contribution is 0.0657. The molecule has 3 heteroatoms. The first kappa shape index (κ1) is 15.0. The van der Waals surface area contributed by atoms with E-state index in [1.54, 1.807) is 0 Å². The van der Waals surface area contributed by atoms with E-state index >= 15 is 0 Å². The maximum atomic E-state index is 12.8. The Kier molecular flexibility index (Phi) is 5.18. The van der Waals surface area contributed by atoms with Gasteiger partial charge in [0.05, 0.1) is 0 Å². The number of hydrogen-bond donors (Lipinski definition) is 1. The van der Waals surface area contributed by atoms with Crippen LogP contribution in [-0.4, -0.2) is 36.5 Å². The lowest BCUT2D eigenvalue weighted by Gasteiger charge is -2.33. The first-order valence-electron chi connectivity index (χ1n) is 7.67. The van der Waals surface area contributed by atoms with Crippen LogP contribution < -0.4 is 5.32 Å². The maximum Gasteiger partial charge on any atom is 0.254 e. The fourth-order valence-electron chi connectivity index (χ4n) is 2.84. The Bertz CT molecular complexity index is 450. The third kappa shape index (κ3) is 3.60. The number of rotatable bonds is 4. The minimum Gasteiger partial charge on any atom is -0.336 e. The predicted octanol–water partition coefficient (Wildman–Crippen LogP) is 2.85. The molecule has 1 aromatic carbocycles. The lowest BCUT2D eigenvalue weighted by Crippen LogP contribution is -2.43. The maximum absolute atomic E-state index is 12.8. The van der Waals surface area contributed by atoms with Gasteiger partial charge in [-0.05, 0) is 64.3 Å². The van der Waals surface area contributed by atoms with Crippen molar-refractivity contribution in [3.8, 4) is 0 Å². The molecule has 0 aliphatic carbocycles. The van der Waals surface area contributed by atoms with Crippen molar-refractivity contribution in [1.29, 1.82) is 0 Å². The molecule has 110 valence electrons. The molecule has 0 radical (unpaired) electrons. The summed E-state index contributed by atoms with van der Waals surface area (Å²) in [5.74, 6) is 0.809. The van der Waals surface area contributed by atoms with Gasteiger partial charge in [0.2, 0.25) is 0 Å². The minimum absolute atomic E-state index is 0.177. The first-order valence-corrected chi connectivity index (χ1v) is 7.67. The smallest absolute Gasteiger partial charge is 0.254 e. The normalized spacial score (nSPS) is 16.4. The summed E-state index contributed by atoms with van der Waals surface area (Å²) >= 11 is 0. The summed E-state index contributed by atoms with van der Waals surface area (Å²) in [6.07, 6.45) is 2.34. The van der Waals surface area contributed by atoms with Crippen molar-refractivity contribution in [3.05, 3.63) is 35.4 Å². The van der Waals surface area contributed by atoms with E-state index in [9.17, 15) is 4.79 Å². The molecule has 0 spiro atoms. The quantitative estimate of drug-likeness (QED) is 0.915. The fraction of sp³-hybridized carbons (Fsp3) is 0.588. The van der Waals surface area contributed by atoms with Crippen LogP contribution in [0.15, 0.2) is 24.3 Å². The standard InChI is InChI=1S/C17H26N2O/c1-13(2)19(12-15-8-10-18-11-9-15)17(20)16-7-5-4-6-14(16)3/h4-7,13,15,18H,8-12H2,1-3H3. The second-order valence-electron chi connectivity index (χ2n) is 6.06. The largest absolute Gasteiger partial charge is 0.336 e. The van der Waals surface area contributed by atoms with Crippen LogP contribution >= 0.6 is 0 Å². The summed E-state index contributed by atoms with van der Waals surface area (Å²) in [7, 11) is 0. The Morgan fingerprint density at radius 2 is 1.95 bits per heavy atom. The Labute approximate surface area is 122 Å². The Morgan fingerprint density at radius 3 is 2.55 bits per heavy atom. The van der Waals surface area contributed by atoms with E-state index in [1.165, 1.54) is 12.8 Å². The van der Waals surface area contributed by atoms with Gasteiger partial charge in [0.15, 0.2) is 0 Å².